The highest BCUT2D eigenvalue weighted by atomic mass is 16.5. The van der Waals surface area contributed by atoms with E-state index in [0.717, 1.165) is 53.5 Å². The number of pyridine rings is 1. The third-order valence-corrected chi connectivity index (χ3v) is 7.33. The molecule has 0 spiro atoms. The Hall–Kier alpha value is -3.09. The maximum Gasteiger partial charge on any atom is 0.325 e. The van der Waals surface area contributed by atoms with Gasteiger partial charge in [-0.2, -0.15) is 0 Å². The van der Waals surface area contributed by atoms with E-state index < -0.39 is 5.91 Å². The molecule has 3 aliphatic rings. The molecule has 1 heterocycles. The molecule has 7 heteroatoms. The second kappa shape index (κ2) is 9.04. The van der Waals surface area contributed by atoms with Gasteiger partial charge in [0, 0.05) is 52.4 Å². The molecular weight excluding hydrogens is 416 g/mol. The second-order valence-electron chi connectivity index (χ2n) is 9.74. The molecule has 0 bridgehead atoms. The van der Waals surface area contributed by atoms with Crippen molar-refractivity contribution in [3.05, 3.63) is 47.3 Å². The first-order valence-electron chi connectivity index (χ1n) is 12.1. The van der Waals surface area contributed by atoms with Crippen LogP contribution in [0.15, 0.2) is 35.3 Å². The summed E-state index contributed by atoms with van der Waals surface area (Å²) in [5.74, 6) is 2.24. The van der Waals surface area contributed by atoms with Crippen molar-refractivity contribution >= 4 is 23.5 Å². The number of aromatic nitrogens is 1. The molecular formula is C26H33N4O3+. The number of ether oxygens (including phenoxy) is 1. The monoisotopic (exact) mass is 449 g/mol. The van der Waals surface area contributed by atoms with Crippen LogP contribution in [-0.2, 0) is 0 Å². The predicted molar refractivity (Wildman–Crippen MR) is 127 cm³/mol. The Kier molecular flexibility index (Phi) is 5.96. The average molecular weight is 450 g/mol. The van der Waals surface area contributed by atoms with E-state index in [9.17, 15) is 10.0 Å². The van der Waals surface area contributed by atoms with Gasteiger partial charge >= 0.3 is 11.6 Å². The van der Waals surface area contributed by atoms with Crippen LogP contribution in [0.5, 0.6) is 5.75 Å². The Morgan fingerprint density at radius 1 is 1.12 bits per heavy atom. The van der Waals surface area contributed by atoms with Gasteiger partial charge in [-0.3, -0.25) is 15.0 Å². The lowest BCUT2D eigenvalue weighted by Gasteiger charge is -2.26. The van der Waals surface area contributed by atoms with Crippen molar-refractivity contribution in [3.63, 3.8) is 0 Å². The zero-order valence-corrected chi connectivity index (χ0v) is 19.2. The number of carbonyl (C=O) groups is 1. The minimum absolute atomic E-state index is 0.181. The fourth-order valence-corrected chi connectivity index (χ4v) is 5.03. The summed E-state index contributed by atoms with van der Waals surface area (Å²) < 4.78 is 6.44. The van der Waals surface area contributed by atoms with Crippen molar-refractivity contribution in [1.82, 2.24) is 0 Å². The Labute approximate surface area is 194 Å². The highest BCUT2D eigenvalue weighted by Crippen LogP contribution is 2.44. The zero-order chi connectivity index (χ0) is 22.9. The van der Waals surface area contributed by atoms with Crippen molar-refractivity contribution in [1.29, 1.82) is 0 Å². The standard InChI is InChI=1S/C26H32N4O3/c1-33-25-14-21(27)19(15-28-20-11-9-17(10-12-20)16-5-6-16)13-22(25)29-26(31)24-4-2-3-23(30(24)32)18-7-8-18/h2-4,13-18,20,27,31-32H,5-12H2,1H3/p+1. The summed E-state index contributed by atoms with van der Waals surface area (Å²) in [6, 6.07) is 9.08. The van der Waals surface area contributed by atoms with E-state index in [1.165, 1.54) is 32.8 Å². The molecule has 5 rings (SSSR count). The van der Waals surface area contributed by atoms with Crippen molar-refractivity contribution in [2.45, 2.75) is 63.3 Å². The molecule has 2 aromatic rings. The number of nitrogen functional groups attached to an aromatic ring is 1. The molecule has 0 atom stereocenters. The molecule has 1 aromatic heterocycles. The van der Waals surface area contributed by atoms with Crippen LogP contribution in [0.4, 0.5) is 11.4 Å². The number of methoxy groups -OCH3 is 1. The molecule has 3 saturated carbocycles. The second-order valence-corrected chi connectivity index (χ2v) is 9.74. The van der Waals surface area contributed by atoms with E-state index in [1.54, 1.807) is 24.3 Å². The number of nitrogens with two attached hydrogens (primary N) is 1. The summed E-state index contributed by atoms with van der Waals surface area (Å²) in [5, 5.41) is 13.4. The number of hydrogen-bond acceptors (Lipinski definition) is 5. The number of nitrogens with zero attached hydrogens (tertiary/aromatic N) is 2. The van der Waals surface area contributed by atoms with Gasteiger partial charge in [0.05, 0.1) is 12.8 Å². The third kappa shape index (κ3) is 4.82. The Morgan fingerprint density at radius 3 is 2.45 bits per heavy atom. The number of amides is 1. The number of aliphatic imine (C=N–C) groups is 1. The highest BCUT2D eigenvalue weighted by molar-refractivity contribution is 6.04. The van der Waals surface area contributed by atoms with E-state index in [-0.39, 0.29) is 5.69 Å². The minimum Gasteiger partial charge on any atom is -0.494 e. The van der Waals surface area contributed by atoms with Crippen LogP contribution in [0.25, 0.3) is 0 Å². The van der Waals surface area contributed by atoms with Gasteiger partial charge < -0.3 is 15.8 Å². The van der Waals surface area contributed by atoms with Gasteiger partial charge in [0.25, 0.3) is 0 Å². The van der Waals surface area contributed by atoms with Gasteiger partial charge in [0.2, 0.25) is 5.69 Å². The van der Waals surface area contributed by atoms with E-state index in [2.05, 4.69) is 5.32 Å². The maximum absolute atomic E-state index is 13.0. The molecule has 0 aliphatic heterocycles. The summed E-state index contributed by atoms with van der Waals surface area (Å²) in [4.78, 5) is 17.8. The largest absolute Gasteiger partial charge is 0.494 e. The maximum atomic E-state index is 13.0. The van der Waals surface area contributed by atoms with Crippen molar-refractivity contribution in [3.8, 4) is 5.75 Å². The molecule has 0 radical (unpaired) electrons. The molecule has 174 valence electrons. The van der Waals surface area contributed by atoms with Gasteiger partial charge in [-0.15, -0.1) is 0 Å². The van der Waals surface area contributed by atoms with Crippen LogP contribution in [0.3, 0.4) is 0 Å². The lowest BCUT2D eigenvalue weighted by atomic mass is 9.83. The minimum atomic E-state index is -0.413. The number of anilines is 2. The molecule has 33 heavy (non-hydrogen) atoms. The van der Waals surface area contributed by atoms with E-state index in [1.807, 2.05) is 12.3 Å². The lowest BCUT2D eigenvalue weighted by molar-refractivity contribution is -0.910. The predicted octanol–water partition coefficient (Wildman–Crippen LogP) is 4.32. The third-order valence-electron chi connectivity index (χ3n) is 7.33. The number of benzene rings is 1. The van der Waals surface area contributed by atoms with Crippen LogP contribution >= 0.6 is 0 Å². The van der Waals surface area contributed by atoms with Gasteiger partial charge in [-0.25, -0.2) is 0 Å². The number of rotatable bonds is 7. The van der Waals surface area contributed by atoms with E-state index in [4.69, 9.17) is 15.5 Å². The van der Waals surface area contributed by atoms with E-state index in [0.29, 0.717) is 29.1 Å². The smallest absolute Gasteiger partial charge is 0.325 e. The summed E-state index contributed by atoms with van der Waals surface area (Å²) in [6.45, 7) is 0. The van der Waals surface area contributed by atoms with Crippen LogP contribution < -0.4 is 20.5 Å². The molecule has 3 fully saturated rings. The zero-order valence-electron chi connectivity index (χ0n) is 19.2. The first-order valence-corrected chi connectivity index (χ1v) is 12.1. The number of nitrogens with one attached hydrogen (secondary N) is 1. The summed E-state index contributed by atoms with van der Waals surface area (Å²) in [6.07, 6.45) is 11.5. The molecule has 1 amide bonds. The first kappa shape index (κ1) is 21.7. The summed E-state index contributed by atoms with van der Waals surface area (Å²) >= 11 is 0. The summed E-state index contributed by atoms with van der Waals surface area (Å²) in [7, 11) is 1.54. The quantitative estimate of drug-likeness (QED) is 0.254. The normalized spacial score (nSPS) is 22.9. The van der Waals surface area contributed by atoms with Crippen LogP contribution in [0, 0.1) is 11.8 Å². The summed E-state index contributed by atoms with van der Waals surface area (Å²) in [5.41, 5.74) is 8.98. The van der Waals surface area contributed by atoms with Gasteiger partial charge in [-0.05, 0) is 75.3 Å². The fraction of sp³-hybridized carbons (Fsp3) is 0.500. The van der Waals surface area contributed by atoms with E-state index >= 15 is 0 Å². The fourth-order valence-electron chi connectivity index (χ4n) is 5.03. The number of hydrogen-bond donors (Lipinski definition) is 3. The first-order chi connectivity index (χ1) is 16.0. The topological polar surface area (TPSA) is 101 Å². The molecule has 0 unspecified atom stereocenters. The van der Waals surface area contributed by atoms with Crippen molar-refractivity contribution in [2.75, 3.05) is 18.2 Å². The molecule has 7 nitrogen and oxygen atoms in total. The molecule has 1 aromatic carbocycles. The molecule has 0 saturated heterocycles. The van der Waals surface area contributed by atoms with Gasteiger partial charge in [0.1, 0.15) is 5.75 Å². The average Bonchev–Trinajstić information content (AvgIpc) is 3.72. The van der Waals surface area contributed by atoms with Crippen LogP contribution in [-0.4, -0.2) is 30.5 Å². The van der Waals surface area contributed by atoms with Crippen molar-refractivity contribution in [2.24, 2.45) is 16.8 Å². The Bertz CT molecular complexity index is 1070. The van der Waals surface area contributed by atoms with Crippen molar-refractivity contribution < 1.29 is 19.5 Å². The lowest BCUT2D eigenvalue weighted by Crippen LogP contribution is -2.43. The van der Waals surface area contributed by atoms with Crippen LogP contribution in [0.1, 0.15) is 79.0 Å². The van der Waals surface area contributed by atoms with Crippen LogP contribution in [0.2, 0.25) is 0 Å². The highest BCUT2D eigenvalue weighted by Gasteiger charge is 2.36. The van der Waals surface area contributed by atoms with Gasteiger partial charge in [0.15, 0.2) is 0 Å². The Balaban J connectivity index is 1.32. The van der Waals surface area contributed by atoms with Gasteiger partial charge in [-0.1, -0.05) is 0 Å². The molecule has 3 aliphatic carbocycles. The molecule has 4 N–H and O–H groups in total. The number of carbonyl (C=O) groups excluding carboxylic acids is 1. The Morgan fingerprint density at radius 2 is 1.82 bits per heavy atom. The SMILES string of the molecule is COc1cc(N)c(C=NC2CCC(C3CC3)CC2)cc1NC(=O)c1cccc(C2CC2)[n+]1O.